The van der Waals surface area contributed by atoms with Gasteiger partial charge in [-0.05, 0) is 31.6 Å². The molecule has 2 N–H and O–H groups in total. The van der Waals surface area contributed by atoms with E-state index in [4.69, 9.17) is 10.5 Å². The van der Waals surface area contributed by atoms with E-state index in [1.54, 1.807) is 4.90 Å². The van der Waals surface area contributed by atoms with Crippen LogP contribution in [-0.4, -0.2) is 66.5 Å². The van der Waals surface area contributed by atoms with Crippen molar-refractivity contribution in [3.63, 3.8) is 0 Å². The van der Waals surface area contributed by atoms with E-state index in [1.807, 2.05) is 4.90 Å². The molecule has 0 radical (unpaired) electrons. The summed E-state index contributed by atoms with van der Waals surface area (Å²) in [4.78, 5) is 28.0. The van der Waals surface area contributed by atoms with Gasteiger partial charge in [0.2, 0.25) is 11.8 Å². The molecule has 2 aliphatic heterocycles. The van der Waals surface area contributed by atoms with Crippen LogP contribution in [0.15, 0.2) is 0 Å². The van der Waals surface area contributed by atoms with E-state index in [2.05, 4.69) is 0 Å². The van der Waals surface area contributed by atoms with Crippen molar-refractivity contribution in [3.05, 3.63) is 0 Å². The third-order valence-corrected chi connectivity index (χ3v) is 4.62. The molecule has 1 aliphatic carbocycles. The fourth-order valence-corrected chi connectivity index (χ4v) is 3.13. The van der Waals surface area contributed by atoms with Crippen LogP contribution < -0.4 is 5.73 Å². The molecular formula is C14H23N3O3. The molecule has 2 saturated heterocycles. The van der Waals surface area contributed by atoms with E-state index in [1.165, 1.54) is 0 Å². The predicted octanol–water partition coefficient (Wildman–Crippen LogP) is -0.426. The Kier molecular flexibility index (Phi) is 3.94. The zero-order valence-corrected chi connectivity index (χ0v) is 11.8. The summed E-state index contributed by atoms with van der Waals surface area (Å²) in [6, 6.07) is -0.0527. The lowest BCUT2D eigenvalue weighted by Crippen LogP contribution is -2.57. The molecule has 0 aromatic carbocycles. The summed E-state index contributed by atoms with van der Waals surface area (Å²) in [5, 5.41) is 0. The Bertz CT molecular complexity index is 391. The van der Waals surface area contributed by atoms with Crippen LogP contribution in [0.4, 0.5) is 0 Å². The SMILES string of the molecule is NC(C(=O)N1CCN(C2CC2)C(=O)C1)C1CCOCC1. The highest BCUT2D eigenvalue weighted by atomic mass is 16.5. The molecule has 0 aromatic heterocycles. The zero-order chi connectivity index (χ0) is 14.1. The van der Waals surface area contributed by atoms with Crippen LogP contribution in [0.2, 0.25) is 0 Å². The summed E-state index contributed by atoms with van der Waals surface area (Å²) in [7, 11) is 0. The first-order valence-corrected chi connectivity index (χ1v) is 7.58. The lowest BCUT2D eigenvalue weighted by molar-refractivity contribution is -0.147. The van der Waals surface area contributed by atoms with Crippen LogP contribution in [0.5, 0.6) is 0 Å². The third-order valence-electron chi connectivity index (χ3n) is 4.62. The number of carbonyl (C=O) groups excluding carboxylic acids is 2. The third kappa shape index (κ3) is 2.81. The number of nitrogens with zero attached hydrogens (tertiary/aromatic N) is 2. The van der Waals surface area contributed by atoms with Crippen LogP contribution >= 0.6 is 0 Å². The Morgan fingerprint density at radius 2 is 1.90 bits per heavy atom. The van der Waals surface area contributed by atoms with Crippen molar-refractivity contribution in [1.29, 1.82) is 0 Å². The smallest absolute Gasteiger partial charge is 0.242 e. The molecule has 2 heterocycles. The fourth-order valence-electron chi connectivity index (χ4n) is 3.13. The Labute approximate surface area is 119 Å². The van der Waals surface area contributed by atoms with Gasteiger partial charge in [-0.15, -0.1) is 0 Å². The second-order valence-electron chi connectivity index (χ2n) is 6.05. The molecule has 2 amide bonds. The van der Waals surface area contributed by atoms with Gasteiger partial charge in [-0.1, -0.05) is 0 Å². The van der Waals surface area contributed by atoms with Gasteiger partial charge in [-0.25, -0.2) is 0 Å². The molecular weight excluding hydrogens is 258 g/mol. The Hall–Kier alpha value is -1.14. The highest BCUT2D eigenvalue weighted by Crippen LogP contribution is 2.28. The van der Waals surface area contributed by atoms with Crippen molar-refractivity contribution in [2.75, 3.05) is 32.8 Å². The number of carbonyl (C=O) groups is 2. The normalized spacial score (nSPS) is 26.8. The first-order chi connectivity index (χ1) is 9.66. The minimum atomic E-state index is -0.487. The van der Waals surface area contributed by atoms with E-state index in [9.17, 15) is 9.59 Å². The number of nitrogens with two attached hydrogens (primary N) is 1. The van der Waals surface area contributed by atoms with Crippen molar-refractivity contribution in [3.8, 4) is 0 Å². The largest absolute Gasteiger partial charge is 0.381 e. The van der Waals surface area contributed by atoms with Gasteiger partial charge in [0.25, 0.3) is 0 Å². The minimum Gasteiger partial charge on any atom is -0.381 e. The van der Waals surface area contributed by atoms with Crippen LogP contribution in [0.25, 0.3) is 0 Å². The van der Waals surface area contributed by atoms with Gasteiger partial charge in [-0.3, -0.25) is 9.59 Å². The molecule has 0 spiro atoms. The number of amides is 2. The monoisotopic (exact) mass is 281 g/mol. The fraction of sp³-hybridized carbons (Fsp3) is 0.857. The van der Waals surface area contributed by atoms with Gasteiger partial charge >= 0.3 is 0 Å². The minimum absolute atomic E-state index is 0.0688. The maximum atomic E-state index is 12.4. The van der Waals surface area contributed by atoms with Gasteiger partial charge < -0.3 is 20.3 Å². The quantitative estimate of drug-likeness (QED) is 0.762. The summed E-state index contributed by atoms with van der Waals surface area (Å²) in [5.74, 6) is 0.194. The molecule has 0 bridgehead atoms. The molecule has 1 unspecified atom stereocenters. The Balaban J connectivity index is 1.55. The summed E-state index contributed by atoms with van der Waals surface area (Å²) in [6.45, 7) is 2.85. The van der Waals surface area contributed by atoms with Crippen LogP contribution in [0.3, 0.4) is 0 Å². The molecule has 3 aliphatic rings. The lowest BCUT2D eigenvalue weighted by atomic mass is 9.91. The average molecular weight is 281 g/mol. The van der Waals surface area contributed by atoms with E-state index in [-0.39, 0.29) is 24.3 Å². The Morgan fingerprint density at radius 1 is 1.20 bits per heavy atom. The first-order valence-electron chi connectivity index (χ1n) is 7.58. The molecule has 112 valence electrons. The van der Waals surface area contributed by atoms with Crippen molar-refractivity contribution >= 4 is 11.8 Å². The molecule has 1 saturated carbocycles. The van der Waals surface area contributed by atoms with Crippen molar-refractivity contribution < 1.29 is 14.3 Å². The van der Waals surface area contributed by atoms with E-state index < -0.39 is 6.04 Å². The average Bonchev–Trinajstić information content (AvgIpc) is 3.31. The van der Waals surface area contributed by atoms with Crippen LogP contribution in [0, 0.1) is 5.92 Å². The van der Waals surface area contributed by atoms with Gasteiger partial charge in [0.1, 0.15) is 0 Å². The molecule has 3 rings (SSSR count). The summed E-state index contributed by atoms with van der Waals surface area (Å²) >= 11 is 0. The maximum Gasteiger partial charge on any atom is 0.242 e. The van der Waals surface area contributed by atoms with Gasteiger partial charge in [0, 0.05) is 32.3 Å². The number of hydrogen-bond acceptors (Lipinski definition) is 4. The Morgan fingerprint density at radius 3 is 2.50 bits per heavy atom. The molecule has 0 aromatic rings. The first kappa shape index (κ1) is 13.8. The number of hydrogen-bond donors (Lipinski definition) is 1. The summed E-state index contributed by atoms with van der Waals surface area (Å²) in [6.07, 6.45) is 3.90. The number of rotatable bonds is 3. The van der Waals surface area contributed by atoms with Gasteiger partial charge in [0.05, 0.1) is 12.6 Å². The van der Waals surface area contributed by atoms with E-state index in [0.717, 1.165) is 25.7 Å². The number of piperazine rings is 1. The topological polar surface area (TPSA) is 75.9 Å². The van der Waals surface area contributed by atoms with Gasteiger partial charge in [0.15, 0.2) is 0 Å². The van der Waals surface area contributed by atoms with Crippen molar-refractivity contribution in [2.45, 2.75) is 37.8 Å². The van der Waals surface area contributed by atoms with Crippen LogP contribution in [-0.2, 0) is 14.3 Å². The lowest BCUT2D eigenvalue weighted by Gasteiger charge is -2.37. The number of ether oxygens (including phenoxy) is 1. The summed E-state index contributed by atoms with van der Waals surface area (Å²) < 4.78 is 5.30. The maximum absolute atomic E-state index is 12.4. The molecule has 20 heavy (non-hydrogen) atoms. The standard InChI is InChI=1S/C14H23N3O3/c15-13(10-3-7-20-8-4-10)14(19)16-5-6-17(11-1-2-11)12(18)9-16/h10-11,13H,1-9,15H2. The summed E-state index contributed by atoms with van der Waals surface area (Å²) in [5.41, 5.74) is 6.10. The zero-order valence-electron chi connectivity index (χ0n) is 11.8. The predicted molar refractivity (Wildman–Crippen MR) is 72.8 cm³/mol. The van der Waals surface area contributed by atoms with E-state index >= 15 is 0 Å². The highest BCUT2D eigenvalue weighted by Gasteiger charge is 2.38. The molecule has 3 fully saturated rings. The molecule has 6 heteroatoms. The van der Waals surface area contributed by atoms with Crippen LogP contribution in [0.1, 0.15) is 25.7 Å². The molecule has 6 nitrogen and oxygen atoms in total. The second-order valence-corrected chi connectivity index (χ2v) is 6.05. The van der Waals surface area contributed by atoms with Crippen molar-refractivity contribution in [2.24, 2.45) is 11.7 Å². The molecule has 1 atom stereocenters. The van der Waals surface area contributed by atoms with Gasteiger partial charge in [-0.2, -0.15) is 0 Å². The second kappa shape index (κ2) is 5.69. The van der Waals surface area contributed by atoms with Crippen molar-refractivity contribution in [1.82, 2.24) is 9.80 Å². The van der Waals surface area contributed by atoms with E-state index in [0.29, 0.717) is 32.3 Å². The highest BCUT2D eigenvalue weighted by molar-refractivity contribution is 5.88.